The van der Waals surface area contributed by atoms with Crippen molar-refractivity contribution in [1.82, 2.24) is 5.32 Å². The molecular weight excluding hydrogens is 298 g/mol. The van der Waals surface area contributed by atoms with Gasteiger partial charge in [-0.1, -0.05) is 58.1 Å². The van der Waals surface area contributed by atoms with Crippen LogP contribution in [0.3, 0.4) is 0 Å². The van der Waals surface area contributed by atoms with E-state index >= 15 is 0 Å². The Labute approximate surface area is 148 Å². The smallest absolute Gasteiger partial charge is 0.165 e. The van der Waals surface area contributed by atoms with Crippen molar-refractivity contribution in [3.63, 3.8) is 0 Å². The average Bonchev–Trinajstić information content (AvgIpc) is 2.60. The molecule has 3 heteroatoms. The molecule has 0 spiro atoms. The summed E-state index contributed by atoms with van der Waals surface area (Å²) in [5.41, 5.74) is 1.21. The standard InChI is InChI=1S/C21H35NO2/c1-4-5-6-7-14-24-21-18(11-9-13-20(21)23-3)16-22-19-12-8-10-17(2)15-19/h9,11,13,17,19,22H,4-8,10,12,14-16H2,1-3H3. The highest BCUT2D eigenvalue weighted by Crippen LogP contribution is 2.32. The van der Waals surface area contributed by atoms with E-state index in [1.807, 2.05) is 6.07 Å². The monoisotopic (exact) mass is 333 g/mol. The highest BCUT2D eigenvalue weighted by molar-refractivity contribution is 5.46. The molecule has 0 aliphatic heterocycles. The molecule has 2 rings (SSSR count). The second-order valence-corrected chi connectivity index (χ2v) is 7.21. The summed E-state index contributed by atoms with van der Waals surface area (Å²) in [6.07, 6.45) is 10.2. The van der Waals surface area contributed by atoms with Gasteiger partial charge in [-0.05, 0) is 31.2 Å². The Hall–Kier alpha value is -1.22. The van der Waals surface area contributed by atoms with Gasteiger partial charge in [0.25, 0.3) is 0 Å². The topological polar surface area (TPSA) is 30.5 Å². The summed E-state index contributed by atoms with van der Waals surface area (Å²) in [6.45, 7) is 6.23. The molecule has 2 unspecified atom stereocenters. The van der Waals surface area contributed by atoms with Crippen molar-refractivity contribution < 1.29 is 9.47 Å². The molecule has 1 saturated carbocycles. The zero-order chi connectivity index (χ0) is 17.2. The van der Waals surface area contributed by atoms with Gasteiger partial charge in [0.05, 0.1) is 13.7 Å². The fourth-order valence-corrected chi connectivity index (χ4v) is 3.60. The summed E-state index contributed by atoms with van der Waals surface area (Å²) >= 11 is 0. The zero-order valence-electron chi connectivity index (χ0n) is 15.8. The van der Waals surface area contributed by atoms with Gasteiger partial charge in [0.1, 0.15) is 0 Å². The van der Waals surface area contributed by atoms with E-state index < -0.39 is 0 Å². The largest absolute Gasteiger partial charge is 0.493 e. The molecule has 3 nitrogen and oxygen atoms in total. The lowest BCUT2D eigenvalue weighted by molar-refractivity contribution is 0.276. The molecule has 0 amide bonds. The number of hydrogen-bond donors (Lipinski definition) is 1. The first-order valence-electron chi connectivity index (χ1n) is 9.76. The lowest BCUT2D eigenvalue weighted by Gasteiger charge is -2.28. The van der Waals surface area contributed by atoms with Gasteiger partial charge in [-0.25, -0.2) is 0 Å². The van der Waals surface area contributed by atoms with Gasteiger partial charge in [0, 0.05) is 18.2 Å². The van der Waals surface area contributed by atoms with Crippen LogP contribution in [0.15, 0.2) is 18.2 Å². The number of unbranched alkanes of at least 4 members (excludes halogenated alkanes) is 3. The maximum Gasteiger partial charge on any atom is 0.165 e. The van der Waals surface area contributed by atoms with Crippen LogP contribution in [0.25, 0.3) is 0 Å². The van der Waals surface area contributed by atoms with Gasteiger partial charge in [-0.2, -0.15) is 0 Å². The third kappa shape index (κ3) is 6.01. The number of methoxy groups -OCH3 is 1. The molecule has 1 aromatic rings. The van der Waals surface area contributed by atoms with E-state index in [2.05, 4.69) is 31.3 Å². The van der Waals surface area contributed by atoms with Crippen LogP contribution in [0, 0.1) is 5.92 Å². The average molecular weight is 334 g/mol. The van der Waals surface area contributed by atoms with E-state index in [0.717, 1.165) is 37.0 Å². The van der Waals surface area contributed by atoms with Crippen LogP contribution in [0.2, 0.25) is 0 Å². The van der Waals surface area contributed by atoms with Crippen molar-refractivity contribution in [1.29, 1.82) is 0 Å². The van der Waals surface area contributed by atoms with E-state index in [4.69, 9.17) is 9.47 Å². The SMILES string of the molecule is CCCCCCOc1c(CNC2CCCC(C)C2)cccc1OC. The molecule has 1 aliphatic carbocycles. The molecule has 1 aromatic carbocycles. The summed E-state index contributed by atoms with van der Waals surface area (Å²) in [5, 5.41) is 3.74. The predicted octanol–water partition coefficient (Wildman–Crippen LogP) is 5.32. The second-order valence-electron chi connectivity index (χ2n) is 7.21. The van der Waals surface area contributed by atoms with Crippen molar-refractivity contribution >= 4 is 0 Å². The molecular formula is C21H35NO2. The Morgan fingerprint density at radius 1 is 1.17 bits per heavy atom. The molecule has 0 aromatic heterocycles. The van der Waals surface area contributed by atoms with E-state index in [-0.39, 0.29) is 0 Å². The van der Waals surface area contributed by atoms with Gasteiger partial charge in [0.2, 0.25) is 0 Å². The quantitative estimate of drug-likeness (QED) is 0.588. The molecule has 0 bridgehead atoms. The van der Waals surface area contributed by atoms with Crippen molar-refractivity contribution in [2.45, 2.75) is 77.8 Å². The lowest BCUT2D eigenvalue weighted by Crippen LogP contribution is -2.33. The van der Waals surface area contributed by atoms with Gasteiger partial charge in [-0.3, -0.25) is 0 Å². The Morgan fingerprint density at radius 2 is 2.04 bits per heavy atom. The van der Waals surface area contributed by atoms with Gasteiger partial charge < -0.3 is 14.8 Å². The molecule has 24 heavy (non-hydrogen) atoms. The second kappa shape index (κ2) is 10.6. The number of benzene rings is 1. The lowest BCUT2D eigenvalue weighted by atomic mass is 9.87. The number of hydrogen-bond acceptors (Lipinski definition) is 3. The molecule has 0 radical (unpaired) electrons. The number of ether oxygens (including phenoxy) is 2. The molecule has 1 fully saturated rings. The maximum atomic E-state index is 6.10. The highest BCUT2D eigenvalue weighted by atomic mass is 16.5. The minimum absolute atomic E-state index is 0.636. The summed E-state index contributed by atoms with van der Waals surface area (Å²) in [4.78, 5) is 0. The molecule has 0 saturated heterocycles. The highest BCUT2D eigenvalue weighted by Gasteiger charge is 2.19. The van der Waals surface area contributed by atoms with E-state index in [1.165, 1.54) is 50.5 Å². The van der Waals surface area contributed by atoms with E-state index in [1.54, 1.807) is 7.11 Å². The first kappa shape index (κ1) is 19.1. The van der Waals surface area contributed by atoms with Crippen LogP contribution in [0.1, 0.15) is 70.8 Å². The fraction of sp³-hybridized carbons (Fsp3) is 0.714. The van der Waals surface area contributed by atoms with E-state index in [9.17, 15) is 0 Å². The maximum absolute atomic E-state index is 6.10. The van der Waals surface area contributed by atoms with Crippen LogP contribution in [0.5, 0.6) is 11.5 Å². The molecule has 1 N–H and O–H groups in total. The fourth-order valence-electron chi connectivity index (χ4n) is 3.60. The minimum Gasteiger partial charge on any atom is -0.493 e. The zero-order valence-corrected chi connectivity index (χ0v) is 15.8. The van der Waals surface area contributed by atoms with Crippen molar-refractivity contribution in [2.24, 2.45) is 5.92 Å². The molecule has 1 aliphatic rings. The minimum atomic E-state index is 0.636. The normalized spacial score (nSPS) is 20.8. The number of para-hydroxylation sites is 1. The summed E-state index contributed by atoms with van der Waals surface area (Å²) in [6, 6.07) is 6.84. The van der Waals surface area contributed by atoms with Crippen molar-refractivity contribution in [2.75, 3.05) is 13.7 Å². The Kier molecular flexibility index (Phi) is 8.44. The Bertz CT molecular complexity index is 475. The third-order valence-corrected chi connectivity index (χ3v) is 5.04. The first-order chi connectivity index (χ1) is 11.7. The van der Waals surface area contributed by atoms with Crippen LogP contribution in [-0.2, 0) is 6.54 Å². The van der Waals surface area contributed by atoms with E-state index in [0.29, 0.717) is 6.04 Å². The molecule has 136 valence electrons. The van der Waals surface area contributed by atoms with Gasteiger partial charge in [-0.15, -0.1) is 0 Å². The van der Waals surface area contributed by atoms with Crippen LogP contribution < -0.4 is 14.8 Å². The Balaban J connectivity index is 1.92. The van der Waals surface area contributed by atoms with Crippen LogP contribution >= 0.6 is 0 Å². The predicted molar refractivity (Wildman–Crippen MR) is 101 cm³/mol. The first-order valence-corrected chi connectivity index (χ1v) is 9.76. The summed E-state index contributed by atoms with van der Waals surface area (Å²) < 4.78 is 11.6. The van der Waals surface area contributed by atoms with Gasteiger partial charge >= 0.3 is 0 Å². The van der Waals surface area contributed by atoms with Crippen LogP contribution in [-0.4, -0.2) is 19.8 Å². The van der Waals surface area contributed by atoms with Crippen LogP contribution in [0.4, 0.5) is 0 Å². The number of nitrogens with one attached hydrogen (secondary N) is 1. The third-order valence-electron chi connectivity index (χ3n) is 5.04. The van der Waals surface area contributed by atoms with Crippen molar-refractivity contribution in [3.05, 3.63) is 23.8 Å². The molecule has 2 atom stereocenters. The van der Waals surface area contributed by atoms with Crippen molar-refractivity contribution in [3.8, 4) is 11.5 Å². The summed E-state index contributed by atoms with van der Waals surface area (Å²) in [7, 11) is 1.72. The number of rotatable bonds is 10. The molecule has 0 heterocycles. The Morgan fingerprint density at radius 3 is 2.79 bits per heavy atom. The van der Waals surface area contributed by atoms with Gasteiger partial charge in [0.15, 0.2) is 11.5 Å². The summed E-state index contributed by atoms with van der Waals surface area (Å²) in [5.74, 6) is 2.62.